The van der Waals surface area contributed by atoms with Crippen LogP contribution < -0.4 is 9.62 Å². The van der Waals surface area contributed by atoms with Gasteiger partial charge >= 0.3 is 0 Å². The maximum atomic E-state index is 13.0. The molecule has 4 aromatic rings. The van der Waals surface area contributed by atoms with Crippen LogP contribution >= 0.6 is 0 Å². The third-order valence-electron chi connectivity index (χ3n) is 5.58. The Morgan fingerprint density at radius 3 is 2.73 bits per heavy atom. The molecule has 1 aliphatic carbocycles. The van der Waals surface area contributed by atoms with Crippen LogP contribution in [-0.4, -0.2) is 25.9 Å². The van der Waals surface area contributed by atoms with Crippen molar-refractivity contribution in [2.24, 2.45) is 0 Å². The molecule has 2 aliphatic rings. The van der Waals surface area contributed by atoms with Crippen molar-refractivity contribution < 1.29 is 17.6 Å². The van der Waals surface area contributed by atoms with E-state index in [0.29, 0.717) is 33.8 Å². The molecule has 7 nitrogen and oxygen atoms in total. The summed E-state index contributed by atoms with van der Waals surface area (Å²) in [4.78, 5) is 17.5. The topological polar surface area (TPSA) is 92.5 Å². The number of hydrogen-bond acceptors (Lipinski definition) is 5. The van der Waals surface area contributed by atoms with Crippen LogP contribution in [0.25, 0.3) is 21.9 Å². The van der Waals surface area contributed by atoms with Gasteiger partial charge < -0.3 is 9.73 Å². The Bertz CT molecular complexity index is 1450. The van der Waals surface area contributed by atoms with Crippen molar-refractivity contribution in [3.63, 3.8) is 0 Å². The molecule has 0 saturated heterocycles. The van der Waals surface area contributed by atoms with Crippen molar-refractivity contribution in [3.05, 3.63) is 60.5 Å². The fourth-order valence-electron chi connectivity index (χ4n) is 3.99. The second-order valence-corrected chi connectivity index (χ2v) is 9.53. The number of hydrogen-bond donors (Lipinski definition) is 1. The van der Waals surface area contributed by atoms with Gasteiger partial charge in [-0.3, -0.25) is 9.10 Å². The molecule has 1 amide bonds. The Morgan fingerprint density at radius 2 is 1.93 bits per heavy atom. The van der Waals surface area contributed by atoms with Gasteiger partial charge in [0.2, 0.25) is 5.91 Å². The molecule has 30 heavy (non-hydrogen) atoms. The van der Waals surface area contributed by atoms with E-state index in [9.17, 15) is 13.2 Å². The molecule has 2 heterocycles. The van der Waals surface area contributed by atoms with E-state index >= 15 is 0 Å². The number of rotatable bonds is 4. The zero-order valence-electron chi connectivity index (χ0n) is 15.8. The second-order valence-electron chi connectivity index (χ2n) is 7.70. The maximum absolute atomic E-state index is 13.0. The lowest BCUT2D eigenvalue weighted by Crippen LogP contribution is -2.35. The van der Waals surface area contributed by atoms with Crippen molar-refractivity contribution >= 4 is 49.2 Å². The molecule has 150 valence electrons. The second kappa shape index (κ2) is 6.06. The van der Waals surface area contributed by atoms with Crippen LogP contribution in [0.1, 0.15) is 24.7 Å². The third kappa shape index (κ3) is 2.60. The Morgan fingerprint density at radius 1 is 1.13 bits per heavy atom. The number of fused-ring (bicyclic) bond motifs is 1. The van der Waals surface area contributed by atoms with E-state index in [1.807, 2.05) is 12.1 Å². The van der Waals surface area contributed by atoms with Crippen LogP contribution in [0.2, 0.25) is 0 Å². The molecular weight excluding hydrogens is 402 g/mol. The number of anilines is 2. The summed E-state index contributed by atoms with van der Waals surface area (Å²) in [5, 5.41) is 4.27. The smallest absolute Gasteiger partial charge is 0.265 e. The fourth-order valence-corrected chi connectivity index (χ4v) is 5.65. The van der Waals surface area contributed by atoms with Gasteiger partial charge in [0.05, 0.1) is 10.6 Å². The number of carbonyl (C=O) groups is 1. The summed E-state index contributed by atoms with van der Waals surface area (Å²) in [6, 6.07) is 15.8. The molecule has 0 atom stereocenters. The van der Waals surface area contributed by atoms with E-state index in [2.05, 4.69) is 10.3 Å². The van der Waals surface area contributed by atoms with Gasteiger partial charge in [0.15, 0.2) is 11.5 Å². The molecule has 0 radical (unpaired) electrons. The molecular formula is C22H17N3O4S. The van der Waals surface area contributed by atoms with Crippen molar-refractivity contribution in [2.45, 2.75) is 23.7 Å². The lowest BCUT2D eigenvalue weighted by atomic mass is 10.1. The minimum Gasteiger partial charge on any atom is -0.440 e. The van der Waals surface area contributed by atoms with Crippen LogP contribution in [0.3, 0.4) is 0 Å². The van der Waals surface area contributed by atoms with E-state index in [1.165, 1.54) is 4.31 Å². The highest BCUT2D eigenvalue weighted by Gasteiger charge is 2.36. The number of amides is 1. The monoisotopic (exact) mass is 419 g/mol. The standard InChI is InChI=1S/C22H17N3O4S/c26-20(23-15-9-10-18-16(11-15)24-22(29-18)14-7-8-14)12-25-17-5-1-3-13-4-2-6-19(21(13)17)30(25,27)28/h1-6,9-11,14H,7-8,12H2,(H,23,26). The van der Waals surface area contributed by atoms with E-state index < -0.39 is 15.9 Å². The van der Waals surface area contributed by atoms with E-state index in [4.69, 9.17) is 4.42 Å². The molecule has 1 aliphatic heterocycles. The number of oxazole rings is 1. The van der Waals surface area contributed by atoms with Crippen LogP contribution in [0.15, 0.2) is 63.9 Å². The summed E-state index contributed by atoms with van der Waals surface area (Å²) in [6.45, 7) is -0.305. The lowest BCUT2D eigenvalue weighted by molar-refractivity contribution is -0.114. The Kier molecular flexibility index (Phi) is 3.53. The van der Waals surface area contributed by atoms with Gasteiger partial charge in [0.1, 0.15) is 12.1 Å². The average molecular weight is 419 g/mol. The average Bonchev–Trinajstić information content (AvgIpc) is 3.46. The minimum absolute atomic E-state index is 0.236. The van der Waals surface area contributed by atoms with Crippen LogP contribution in [0.4, 0.5) is 11.4 Å². The van der Waals surface area contributed by atoms with Crippen LogP contribution in [-0.2, 0) is 14.8 Å². The Hall–Kier alpha value is -3.39. The molecule has 1 aromatic heterocycles. The predicted octanol–water partition coefficient (Wildman–Crippen LogP) is 4.01. The molecule has 1 saturated carbocycles. The largest absolute Gasteiger partial charge is 0.440 e. The number of benzene rings is 3. The van der Waals surface area contributed by atoms with Crippen molar-refractivity contribution in [2.75, 3.05) is 16.2 Å². The normalized spacial score (nSPS) is 17.0. The number of nitrogens with zero attached hydrogens (tertiary/aromatic N) is 2. The maximum Gasteiger partial charge on any atom is 0.265 e. The summed E-state index contributed by atoms with van der Waals surface area (Å²) in [6.07, 6.45) is 2.19. The SMILES string of the molecule is O=C(CN1c2cccc3cccc(c23)S1(=O)=O)Nc1ccc2oc(C3CC3)nc2c1. The highest BCUT2D eigenvalue weighted by Crippen LogP contribution is 2.42. The number of carbonyl (C=O) groups excluding carboxylic acids is 1. The lowest BCUT2D eigenvalue weighted by Gasteiger charge is -2.18. The van der Waals surface area contributed by atoms with Crippen LogP contribution in [0, 0.1) is 0 Å². The summed E-state index contributed by atoms with van der Waals surface area (Å²) < 4.78 is 33.0. The highest BCUT2D eigenvalue weighted by atomic mass is 32.2. The van der Waals surface area contributed by atoms with Gasteiger partial charge in [-0.15, -0.1) is 0 Å². The quantitative estimate of drug-likeness (QED) is 0.540. The summed E-state index contributed by atoms with van der Waals surface area (Å²) in [7, 11) is -3.77. The Labute approximate surface area is 172 Å². The van der Waals surface area contributed by atoms with E-state index in [-0.39, 0.29) is 11.4 Å². The minimum atomic E-state index is -3.77. The van der Waals surface area contributed by atoms with Gasteiger partial charge in [-0.1, -0.05) is 24.3 Å². The van der Waals surface area contributed by atoms with Crippen LogP contribution in [0.5, 0.6) is 0 Å². The van der Waals surface area contributed by atoms with Gasteiger partial charge in [-0.2, -0.15) is 0 Å². The molecule has 1 N–H and O–H groups in total. The zero-order chi connectivity index (χ0) is 20.5. The van der Waals surface area contributed by atoms with Crippen molar-refractivity contribution in [1.82, 2.24) is 4.98 Å². The predicted molar refractivity (Wildman–Crippen MR) is 113 cm³/mol. The summed E-state index contributed by atoms with van der Waals surface area (Å²) >= 11 is 0. The third-order valence-corrected chi connectivity index (χ3v) is 7.38. The van der Waals surface area contributed by atoms with Crippen molar-refractivity contribution in [1.29, 1.82) is 0 Å². The fraction of sp³-hybridized carbons (Fsp3) is 0.182. The molecule has 0 bridgehead atoms. The number of aromatic nitrogens is 1. The first-order valence-corrected chi connectivity index (χ1v) is 11.2. The van der Waals surface area contributed by atoms with E-state index in [1.54, 1.807) is 42.5 Å². The van der Waals surface area contributed by atoms with E-state index in [0.717, 1.165) is 24.1 Å². The van der Waals surface area contributed by atoms with Crippen molar-refractivity contribution in [3.8, 4) is 0 Å². The Balaban J connectivity index is 1.28. The molecule has 0 spiro atoms. The summed E-state index contributed by atoms with van der Waals surface area (Å²) in [5.41, 5.74) is 2.44. The molecule has 6 rings (SSSR count). The molecule has 3 aromatic carbocycles. The molecule has 0 unspecified atom stereocenters. The van der Waals surface area contributed by atoms with Gasteiger partial charge in [0, 0.05) is 17.0 Å². The van der Waals surface area contributed by atoms with Gasteiger partial charge in [-0.05, 0) is 48.6 Å². The first-order valence-electron chi connectivity index (χ1n) is 9.75. The number of sulfonamides is 1. The summed E-state index contributed by atoms with van der Waals surface area (Å²) in [5.74, 6) is 0.719. The van der Waals surface area contributed by atoms with Gasteiger partial charge in [0.25, 0.3) is 10.0 Å². The molecule has 8 heteroatoms. The highest BCUT2D eigenvalue weighted by molar-refractivity contribution is 7.93. The molecule has 1 fully saturated rings. The first-order chi connectivity index (χ1) is 14.5. The van der Waals surface area contributed by atoms with Gasteiger partial charge in [-0.25, -0.2) is 13.4 Å². The number of nitrogens with one attached hydrogen (secondary N) is 1. The zero-order valence-corrected chi connectivity index (χ0v) is 16.6. The first kappa shape index (κ1) is 17.5.